The van der Waals surface area contributed by atoms with E-state index in [1.54, 1.807) is 7.11 Å². The number of carboxylic acid groups (broad SMARTS) is 1. The maximum atomic E-state index is 10.6. The van der Waals surface area contributed by atoms with Crippen molar-refractivity contribution in [3.8, 4) is 11.5 Å². The van der Waals surface area contributed by atoms with Gasteiger partial charge in [0.25, 0.3) is 0 Å². The number of aliphatic carboxylic acids is 1. The molecule has 0 radical (unpaired) electrons. The van der Waals surface area contributed by atoms with Crippen molar-refractivity contribution in [2.75, 3.05) is 33.6 Å². The van der Waals surface area contributed by atoms with Gasteiger partial charge in [-0.3, -0.25) is 4.90 Å². The standard InChI is InChI=1S/C17H23NO4.C2HF3O2/c1-19-14-9-17(22-11-14)4-6-18(7-5-17)10-13-2-3-15-16(8-13)21-12-20-15;3-2(4,5)1(6)7/h2-3,8,14H,4-7,9-12H2,1H3;(H,6,7). The summed E-state index contributed by atoms with van der Waals surface area (Å²) in [5.41, 5.74) is 1.34. The van der Waals surface area contributed by atoms with E-state index in [0.29, 0.717) is 6.79 Å². The largest absolute Gasteiger partial charge is 0.490 e. The average Bonchev–Trinajstić information content (AvgIpc) is 3.30. The first-order valence-corrected chi connectivity index (χ1v) is 9.28. The van der Waals surface area contributed by atoms with Crippen molar-refractivity contribution in [3.05, 3.63) is 23.8 Å². The lowest BCUT2D eigenvalue weighted by molar-refractivity contribution is -0.192. The number of carbonyl (C=O) groups is 1. The van der Waals surface area contributed by atoms with Crippen LogP contribution < -0.4 is 9.47 Å². The predicted molar refractivity (Wildman–Crippen MR) is 94.9 cm³/mol. The number of rotatable bonds is 3. The van der Waals surface area contributed by atoms with Gasteiger partial charge in [0, 0.05) is 33.2 Å². The molecule has 1 unspecified atom stereocenters. The molecular weight excluding hydrogens is 395 g/mol. The monoisotopic (exact) mass is 419 g/mol. The number of ether oxygens (including phenoxy) is 4. The molecule has 4 rings (SSSR count). The lowest BCUT2D eigenvalue weighted by Crippen LogP contribution is -2.43. The molecule has 3 heterocycles. The Morgan fingerprint density at radius 3 is 2.52 bits per heavy atom. The van der Waals surface area contributed by atoms with E-state index in [1.807, 2.05) is 6.07 Å². The summed E-state index contributed by atoms with van der Waals surface area (Å²) >= 11 is 0. The van der Waals surface area contributed by atoms with E-state index in [9.17, 15) is 13.2 Å². The van der Waals surface area contributed by atoms with Crippen LogP contribution in [-0.4, -0.2) is 67.5 Å². The van der Waals surface area contributed by atoms with Crippen molar-refractivity contribution in [1.29, 1.82) is 0 Å². The van der Waals surface area contributed by atoms with E-state index in [-0.39, 0.29) is 11.7 Å². The molecule has 2 saturated heterocycles. The summed E-state index contributed by atoms with van der Waals surface area (Å²) in [5.74, 6) is -1.04. The van der Waals surface area contributed by atoms with Gasteiger partial charge < -0.3 is 24.1 Å². The second kappa shape index (κ2) is 8.76. The molecule has 0 saturated carbocycles. The Morgan fingerprint density at radius 1 is 1.28 bits per heavy atom. The van der Waals surface area contributed by atoms with Crippen molar-refractivity contribution in [2.24, 2.45) is 0 Å². The van der Waals surface area contributed by atoms with E-state index in [4.69, 9.17) is 28.8 Å². The third-order valence-corrected chi connectivity index (χ3v) is 5.36. The van der Waals surface area contributed by atoms with Crippen molar-refractivity contribution >= 4 is 5.97 Å². The number of alkyl halides is 3. The van der Waals surface area contributed by atoms with E-state index in [2.05, 4.69) is 17.0 Å². The number of nitrogens with zero attached hydrogens (tertiary/aromatic N) is 1. The Kier molecular flexibility index (Phi) is 6.55. The molecule has 0 aromatic heterocycles. The molecule has 1 N–H and O–H groups in total. The third-order valence-electron chi connectivity index (χ3n) is 5.36. The maximum absolute atomic E-state index is 10.6. The highest BCUT2D eigenvalue weighted by molar-refractivity contribution is 5.73. The minimum atomic E-state index is -5.08. The summed E-state index contributed by atoms with van der Waals surface area (Å²) in [7, 11) is 1.78. The van der Waals surface area contributed by atoms with Crippen LogP contribution in [0.5, 0.6) is 11.5 Å². The van der Waals surface area contributed by atoms with Crippen molar-refractivity contribution in [3.63, 3.8) is 0 Å². The number of likely N-dealkylation sites (tertiary alicyclic amines) is 1. The Hall–Kier alpha value is -2.04. The van der Waals surface area contributed by atoms with Crippen LogP contribution in [0.2, 0.25) is 0 Å². The van der Waals surface area contributed by atoms with Gasteiger partial charge in [-0.1, -0.05) is 6.07 Å². The number of piperidine rings is 1. The van der Waals surface area contributed by atoms with Gasteiger partial charge in [0.05, 0.1) is 18.3 Å². The van der Waals surface area contributed by atoms with Gasteiger partial charge >= 0.3 is 12.1 Å². The number of methoxy groups -OCH3 is 1. The smallest absolute Gasteiger partial charge is 0.475 e. The topological polar surface area (TPSA) is 77.5 Å². The average molecular weight is 419 g/mol. The molecular formula is C19H24F3NO6. The minimum absolute atomic E-state index is 0.0616. The SMILES string of the molecule is COC1COC2(CCN(Cc3ccc4c(c3)OCO4)CC2)C1.O=C(O)C(F)(F)F. The highest BCUT2D eigenvalue weighted by Gasteiger charge is 2.42. The molecule has 1 spiro atoms. The van der Waals surface area contributed by atoms with Crippen LogP contribution in [0.1, 0.15) is 24.8 Å². The zero-order chi connectivity index (χ0) is 21.1. The number of fused-ring (bicyclic) bond motifs is 1. The van der Waals surface area contributed by atoms with Crippen molar-refractivity contribution in [2.45, 2.75) is 43.7 Å². The van der Waals surface area contributed by atoms with Crippen molar-refractivity contribution in [1.82, 2.24) is 4.90 Å². The second-order valence-electron chi connectivity index (χ2n) is 7.32. The molecule has 7 nitrogen and oxygen atoms in total. The number of hydrogen-bond donors (Lipinski definition) is 1. The van der Waals surface area contributed by atoms with Crippen molar-refractivity contribution < 1.29 is 42.0 Å². The zero-order valence-corrected chi connectivity index (χ0v) is 16.0. The number of carboxylic acids is 1. The molecule has 29 heavy (non-hydrogen) atoms. The van der Waals surface area contributed by atoms with Crippen LogP contribution in [0, 0.1) is 0 Å². The van der Waals surface area contributed by atoms with E-state index in [1.165, 1.54) is 5.56 Å². The fourth-order valence-electron chi connectivity index (χ4n) is 3.72. The van der Waals surface area contributed by atoms with Crippen LogP contribution in [-0.2, 0) is 20.8 Å². The summed E-state index contributed by atoms with van der Waals surface area (Å²) in [4.78, 5) is 11.4. The third kappa shape index (κ3) is 5.52. The van der Waals surface area contributed by atoms with E-state index < -0.39 is 12.1 Å². The van der Waals surface area contributed by atoms with Crippen LogP contribution in [0.15, 0.2) is 18.2 Å². The molecule has 2 fully saturated rings. The molecule has 1 aromatic rings. The molecule has 10 heteroatoms. The van der Waals surface area contributed by atoms with Crippen LogP contribution in [0.25, 0.3) is 0 Å². The van der Waals surface area contributed by atoms with E-state index in [0.717, 1.165) is 57.0 Å². The Morgan fingerprint density at radius 2 is 1.93 bits per heavy atom. The number of benzene rings is 1. The van der Waals surface area contributed by atoms with Gasteiger partial charge in [0.2, 0.25) is 6.79 Å². The first-order chi connectivity index (χ1) is 13.7. The first-order valence-electron chi connectivity index (χ1n) is 9.28. The fraction of sp³-hybridized carbons (Fsp3) is 0.632. The number of hydrogen-bond acceptors (Lipinski definition) is 6. The second-order valence-corrected chi connectivity index (χ2v) is 7.32. The van der Waals surface area contributed by atoms with Gasteiger partial charge in [-0.15, -0.1) is 0 Å². The van der Waals surface area contributed by atoms with Gasteiger partial charge in [0.1, 0.15) is 0 Å². The summed E-state index contributed by atoms with van der Waals surface area (Å²) in [5, 5.41) is 7.12. The summed E-state index contributed by atoms with van der Waals surface area (Å²) < 4.78 is 54.0. The Bertz CT molecular complexity index is 718. The van der Waals surface area contributed by atoms with Gasteiger partial charge in [-0.25, -0.2) is 4.79 Å². The Labute approximate surface area is 166 Å². The lowest BCUT2D eigenvalue weighted by atomic mass is 9.88. The maximum Gasteiger partial charge on any atom is 0.490 e. The van der Waals surface area contributed by atoms with Gasteiger partial charge in [-0.05, 0) is 30.5 Å². The lowest BCUT2D eigenvalue weighted by Gasteiger charge is -2.38. The molecule has 0 amide bonds. The zero-order valence-electron chi connectivity index (χ0n) is 16.0. The van der Waals surface area contributed by atoms with Gasteiger partial charge in [0.15, 0.2) is 11.5 Å². The summed E-state index contributed by atoms with van der Waals surface area (Å²) in [6.45, 7) is 4.19. The Balaban J connectivity index is 0.000000298. The molecule has 1 atom stereocenters. The predicted octanol–water partition coefficient (Wildman–Crippen LogP) is 2.82. The number of halogens is 3. The highest BCUT2D eigenvalue weighted by Crippen LogP contribution is 2.38. The minimum Gasteiger partial charge on any atom is -0.475 e. The normalized spacial score (nSPS) is 23.0. The highest BCUT2D eigenvalue weighted by atomic mass is 19.4. The summed E-state index contributed by atoms with van der Waals surface area (Å²) in [6, 6.07) is 6.23. The van der Waals surface area contributed by atoms with E-state index >= 15 is 0 Å². The fourth-order valence-corrected chi connectivity index (χ4v) is 3.72. The van der Waals surface area contributed by atoms with Gasteiger partial charge in [-0.2, -0.15) is 13.2 Å². The molecule has 162 valence electrons. The molecule has 0 aliphatic carbocycles. The molecule has 3 aliphatic rings. The summed E-state index contributed by atoms with van der Waals surface area (Å²) in [6.07, 6.45) is -1.57. The first kappa shape index (κ1) is 21.7. The molecule has 0 bridgehead atoms. The molecule has 1 aromatic carbocycles. The molecule has 3 aliphatic heterocycles. The van der Waals surface area contributed by atoms with Crippen LogP contribution >= 0.6 is 0 Å². The van der Waals surface area contributed by atoms with Crippen LogP contribution in [0.3, 0.4) is 0 Å². The quantitative estimate of drug-likeness (QED) is 0.807. The van der Waals surface area contributed by atoms with Crippen LogP contribution in [0.4, 0.5) is 13.2 Å².